The Labute approximate surface area is 90.9 Å². The Kier molecular flexibility index (Phi) is 5.63. The zero-order valence-electron chi connectivity index (χ0n) is 8.76. The van der Waals surface area contributed by atoms with E-state index in [1.54, 1.807) is 19.3 Å². The second-order valence-electron chi connectivity index (χ2n) is 3.07. The SMILES string of the molecule is CC(C)C(N)C(=O)ONC(=O)OOC(N)=O. The molecule has 0 aromatic rings. The van der Waals surface area contributed by atoms with Crippen LogP contribution in [0.15, 0.2) is 0 Å². The molecular weight excluding hydrogens is 222 g/mol. The maximum absolute atomic E-state index is 11.1. The molecule has 2 amide bonds. The van der Waals surface area contributed by atoms with Gasteiger partial charge in [-0.25, -0.2) is 24.2 Å². The van der Waals surface area contributed by atoms with Crippen molar-refractivity contribution in [2.24, 2.45) is 17.4 Å². The monoisotopic (exact) mass is 235 g/mol. The molecule has 1 atom stereocenters. The molecule has 0 aliphatic rings. The summed E-state index contributed by atoms with van der Waals surface area (Å²) in [4.78, 5) is 43.4. The highest BCUT2D eigenvalue weighted by atomic mass is 17.2. The predicted octanol–water partition coefficient (Wildman–Crippen LogP) is -0.836. The highest BCUT2D eigenvalue weighted by Gasteiger charge is 2.20. The molecule has 0 aromatic heterocycles. The van der Waals surface area contributed by atoms with E-state index in [-0.39, 0.29) is 5.92 Å². The van der Waals surface area contributed by atoms with Gasteiger partial charge in [-0.05, 0) is 5.92 Å². The molecule has 0 radical (unpaired) electrons. The van der Waals surface area contributed by atoms with Crippen LogP contribution in [0, 0.1) is 5.92 Å². The van der Waals surface area contributed by atoms with Crippen LogP contribution in [0.3, 0.4) is 0 Å². The van der Waals surface area contributed by atoms with Crippen molar-refractivity contribution in [3.8, 4) is 0 Å². The van der Waals surface area contributed by atoms with E-state index in [0.717, 1.165) is 0 Å². The molecule has 0 aliphatic heterocycles. The predicted molar refractivity (Wildman–Crippen MR) is 49.2 cm³/mol. The lowest BCUT2D eigenvalue weighted by molar-refractivity contribution is -0.189. The number of hydrogen-bond acceptors (Lipinski definition) is 7. The molecule has 16 heavy (non-hydrogen) atoms. The summed E-state index contributed by atoms with van der Waals surface area (Å²) in [5.41, 5.74) is 11.4. The first-order chi connectivity index (χ1) is 7.34. The van der Waals surface area contributed by atoms with E-state index in [4.69, 9.17) is 5.73 Å². The standard InChI is InChI=1S/C7H13N3O6/c1-3(2)4(8)5(11)14-10-7(13)16-15-6(9)12/h3-4H,8H2,1-2H3,(H2,9,12)(H,10,13). The normalized spacial score (nSPS) is 11.5. The van der Waals surface area contributed by atoms with Gasteiger partial charge in [-0.15, -0.1) is 5.48 Å². The molecule has 5 N–H and O–H groups in total. The van der Waals surface area contributed by atoms with Crippen LogP contribution < -0.4 is 16.9 Å². The van der Waals surface area contributed by atoms with Crippen molar-refractivity contribution < 1.29 is 29.0 Å². The molecule has 0 aliphatic carbocycles. The van der Waals surface area contributed by atoms with E-state index in [2.05, 4.69) is 20.3 Å². The number of primary amides is 1. The Hall–Kier alpha value is -2.03. The number of carbonyl (C=O) groups is 3. The first-order valence-corrected chi connectivity index (χ1v) is 4.24. The lowest BCUT2D eigenvalue weighted by atomic mass is 10.1. The summed E-state index contributed by atoms with van der Waals surface area (Å²) < 4.78 is 0. The van der Waals surface area contributed by atoms with Crippen molar-refractivity contribution in [3.05, 3.63) is 0 Å². The van der Waals surface area contributed by atoms with Crippen LogP contribution in [0.5, 0.6) is 0 Å². The van der Waals surface area contributed by atoms with Crippen LogP contribution in [-0.2, 0) is 19.4 Å². The fourth-order valence-electron chi connectivity index (χ4n) is 0.528. The van der Waals surface area contributed by atoms with Crippen LogP contribution in [0.1, 0.15) is 13.8 Å². The average molecular weight is 235 g/mol. The van der Waals surface area contributed by atoms with Crippen molar-refractivity contribution in [1.82, 2.24) is 5.48 Å². The van der Waals surface area contributed by atoms with Gasteiger partial charge in [-0.2, -0.15) is 0 Å². The van der Waals surface area contributed by atoms with Crippen LogP contribution in [0.2, 0.25) is 0 Å². The Bertz CT molecular complexity index is 279. The Balaban J connectivity index is 3.83. The molecule has 0 aromatic carbocycles. The summed E-state index contributed by atoms with van der Waals surface area (Å²) in [6, 6.07) is -0.891. The highest BCUT2D eigenvalue weighted by Crippen LogP contribution is 1.99. The summed E-state index contributed by atoms with van der Waals surface area (Å²) in [5, 5.41) is 0. The van der Waals surface area contributed by atoms with Gasteiger partial charge in [0, 0.05) is 0 Å². The third kappa shape index (κ3) is 5.65. The van der Waals surface area contributed by atoms with E-state index < -0.39 is 24.2 Å². The molecule has 0 saturated carbocycles. The maximum Gasteiger partial charge on any atom is 0.482 e. The average Bonchev–Trinajstić information content (AvgIpc) is 2.21. The quantitative estimate of drug-likeness (QED) is 0.418. The molecule has 9 heteroatoms. The summed E-state index contributed by atoms with van der Waals surface area (Å²) in [7, 11) is 0. The van der Waals surface area contributed by atoms with Gasteiger partial charge in [0.2, 0.25) is 0 Å². The highest BCUT2D eigenvalue weighted by molar-refractivity contribution is 5.77. The molecule has 0 heterocycles. The second kappa shape index (κ2) is 6.45. The molecule has 0 saturated heterocycles. The van der Waals surface area contributed by atoms with E-state index in [1.807, 2.05) is 0 Å². The molecule has 0 rings (SSSR count). The van der Waals surface area contributed by atoms with E-state index in [9.17, 15) is 14.4 Å². The van der Waals surface area contributed by atoms with E-state index in [1.165, 1.54) is 0 Å². The van der Waals surface area contributed by atoms with Crippen LogP contribution >= 0.6 is 0 Å². The van der Waals surface area contributed by atoms with E-state index >= 15 is 0 Å². The van der Waals surface area contributed by atoms with Crippen LogP contribution in [0.25, 0.3) is 0 Å². The lowest BCUT2D eigenvalue weighted by Crippen LogP contribution is -2.41. The minimum Gasteiger partial charge on any atom is -0.336 e. The van der Waals surface area contributed by atoms with Crippen molar-refractivity contribution in [2.45, 2.75) is 19.9 Å². The molecule has 0 fully saturated rings. The van der Waals surface area contributed by atoms with Crippen LogP contribution in [-0.4, -0.2) is 24.2 Å². The summed E-state index contributed by atoms with van der Waals surface area (Å²) >= 11 is 0. The topological polar surface area (TPSA) is 143 Å². The molecule has 92 valence electrons. The zero-order chi connectivity index (χ0) is 12.7. The first kappa shape index (κ1) is 14.0. The Morgan fingerprint density at radius 3 is 2.19 bits per heavy atom. The van der Waals surface area contributed by atoms with Crippen molar-refractivity contribution >= 4 is 18.2 Å². The largest absolute Gasteiger partial charge is 0.482 e. The van der Waals surface area contributed by atoms with Gasteiger partial charge < -0.3 is 16.3 Å². The van der Waals surface area contributed by atoms with Gasteiger partial charge >= 0.3 is 18.2 Å². The zero-order valence-corrected chi connectivity index (χ0v) is 8.76. The number of hydrogen-bond donors (Lipinski definition) is 3. The summed E-state index contributed by atoms with van der Waals surface area (Å²) in [5.74, 6) is -1.02. The van der Waals surface area contributed by atoms with Gasteiger partial charge in [0.15, 0.2) is 0 Å². The third-order valence-corrected chi connectivity index (χ3v) is 1.42. The van der Waals surface area contributed by atoms with Gasteiger partial charge in [-0.1, -0.05) is 13.8 Å². The lowest BCUT2D eigenvalue weighted by Gasteiger charge is -2.13. The first-order valence-electron chi connectivity index (χ1n) is 4.24. The molecule has 9 nitrogen and oxygen atoms in total. The van der Waals surface area contributed by atoms with Gasteiger partial charge in [0.25, 0.3) is 0 Å². The number of nitrogens with one attached hydrogen (secondary N) is 1. The second-order valence-corrected chi connectivity index (χ2v) is 3.07. The number of amides is 2. The third-order valence-electron chi connectivity index (χ3n) is 1.42. The number of carbonyl (C=O) groups excluding carboxylic acids is 3. The van der Waals surface area contributed by atoms with Crippen molar-refractivity contribution in [1.29, 1.82) is 0 Å². The molecule has 1 unspecified atom stereocenters. The number of nitrogens with two attached hydrogens (primary N) is 2. The minimum absolute atomic E-state index is 0.160. The van der Waals surface area contributed by atoms with Gasteiger partial charge in [0.1, 0.15) is 6.04 Å². The smallest absolute Gasteiger partial charge is 0.336 e. The summed E-state index contributed by atoms with van der Waals surface area (Å²) in [6.07, 6.45) is -2.64. The minimum atomic E-state index is -1.32. The molecule has 0 spiro atoms. The van der Waals surface area contributed by atoms with Crippen molar-refractivity contribution in [2.75, 3.05) is 0 Å². The fourth-order valence-corrected chi connectivity index (χ4v) is 0.528. The number of rotatable bonds is 2. The van der Waals surface area contributed by atoms with E-state index in [0.29, 0.717) is 0 Å². The summed E-state index contributed by atoms with van der Waals surface area (Å²) in [6.45, 7) is 3.39. The van der Waals surface area contributed by atoms with Crippen LogP contribution in [0.4, 0.5) is 9.59 Å². The fraction of sp³-hybridized carbons (Fsp3) is 0.571. The molecular formula is C7H13N3O6. The maximum atomic E-state index is 11.1. The molecule has 0 bridgehead atoms. The number of hydroxylamine groups is 1. The Morgan fingerprint density at radius 1 is 1.19 bits per heavy atom. The van der Waals surface area contributed by atoms with Crippen molar-refractivity contribution in [3.63, 3.8) is 0 Å². The van der Waals surface area contributed by atoms with Gasteiger partial charge in [-0.3, -0.25) is 0 Å². The Morgan fingerprint density at radius 2 is 1.75 bits per heavy atom. The van der Waals surface area contributed by atoms with Gasteiger partial charge in [0.05, 0.1) is 0 Å².